The van der Waals surface area contributed by atoms with Crippen molar-refractivity contribution in [2.75, 3.05) is 0 Å². The molecule has 1 unspecified atom stereocenters. The lowest BCUT2D eigenvalue weighted by Gasteiger charge is -2.21. The first kappa shape index (κ1) is 20.9. The van der Waals surface area contributed by atoms with Crippen LogP contribution < -0.4 is 15.2 Å². The molecule has 6 heteroatoms. The summed E-state index contributed by atoms with van der Waals surface area (Å²) < 4.78 is 11.9. The Morgan fingerprint density at radius 2 is 1.60 bits per heavy atom. The Morgan fingerprint density at radius 1 is 0.933 bits per heavy atom. The van der Waals surface area contributed by atoms with Crippen molar-refractivity contribution in [1.82, 2.24) is 0 Å². The fourth-order valence-corrected chi connectivity index (χ4v) is 3.00. The third-order valence-corrected chi connectivity index (χ3v) is 4.53. The van der Waals surface area contributed by atoms with Crippen molar-refractivity contribution in [1.29, 1.82) is 0 Å². The van der Waals surface area contributed by atoms with Gasteiger partial charge in [0.15, 0.2) is 0 Å². The lowest BCUT2D eigenvalue weighted by atomic mass is 10.0. The zero-order valence-electron chi connectivity index (χ0n) is 16.4. The van der Waals surface area contributed by atoms with Crippen LogP contribution in [0.3, 0.4) is 0 Å². The molecule has 0 aromatic heterocycles. The van der Waals surface area contributed by atoms with Gasteiger partial charge in [-0.15, -0.1) is 0 Å². The summed E-state index contributed by atoms with van der Waals surface area (Å²) in [5.74, 6) is -0.782. The van der Waals surface area contributed by atoms with Crippen molar-refractivity contribution in [2.24, 2.45) is 5.73 Å². The fourth-order valence-electron chi connectivity index (χ4n) is 3.00. The molecule has 3 N–H and O–H groups in total. The predicted molar refractivity (Wildman–Crippen MR) is 112 cm³/mol. The van der Waals surface area contributed by atoms with Gasteiger partial charge in [-0.3, -0.25) is 9.59 Å². The van der Waals surface area contributed by atoms with Gasteiger partial charge in [0.05, 0.1) is 5.56 Å². The van der Waals surface area contributed by atoms with Gasteiger partial charge in [0, 0.05) is 12.5 Å². The minimum Gasteiger partial charge on any atom is -0.489 e. The molecule has 0 saturated heterocycles. The van der Waals surface area contributed by atoms with E-state index in [1.54, 1.807) is 18.2 Å². The monoisotopic (exact) mass is 405 g/mol. The maximum atomic E-state index is 11.9. The van der Waals surface area contributed by atoms with E-state index in [9.17, 15) is 9.59 Å². The Hall–Kier alpha value is -3.80. The molecule has 0 saturated carbocycles. The number of benzene rings is 3. The fraction of sp³-hybridized carbons (Fsp3) is 0.167. The van der Waals surface area contributed by atoms with Gasteiger partial charge in [0.1, 0.15) is 24.2 Å². The summed E-state index contributed by atoms with van der Waals surface area (Å²) >= 11 is 0. The quantitative estimate of drug-likeness (QED) is 0.522. The highest BCUT2D eigenvalue weighted by Crippen LogP contribution is 2.32. The molecule has 30 heavy (non-hydrogen) atoms. The number of ether oxygens (including phenoxy) is 2. The lowest BCUT2D eigenvalue weighted by molar-refractivity contribution is -0.137. The van der Waals surface area contributed by atoms with E-state index < -0.39 is 18.0 Å². The average molecular weight is 405 g/mol. The lowest BCUT2D eigenvalue weighted by Crippen LogP contribution is -2.16. The number of carboxylic acids is 1. The first-order chi connectivity index (χ1) is 14.5. The normalized spacial score (nSPS) is 11.5. The summed E-state index contributed by atoms with van der Waals surface area (Å²) in [5, 5.41) is 9.09. The Labute approximate surface area is 174 Å². The number of rotatable bonds is 10. The maximum absolute atomic E-state index is 11.9. The van der Waals surface area contributed by atoms with E-state index in [2.05, 4.69) is 0 Å². The van der Waals surface area contributed by atoms with Gasteiger partial charge < -0.3 is 20.3 Å². The number of carbonyl (C=O) groups is 2. The summed E-state index contributed by atoms with van der Waals surface area (Å²) in [7, 11) is 0. The van der Waals surface area contributed by atoms with Gasteiger partial charge in [-0.1, -0.05) is 60.7 Å². The maximum Gasteiger partial charge on any atom is 0.303 e. The van der Waals surface area contributed by atoms with Crippen molar-refractivity contribution >= 4 is 11.9 Å². The summed E-state index contributed by atoms with van der Waals surface area (Å²) in [6.07, 6.45) is -0.382. The van der Waals surface area contributed by atoms with E-state index in [4.69, 9.17) is 20.3 Å². The predicted octanol–water partition coefficient (Wildman–Crippen LogP) is 4.35. The van der Waals surface area contributed by atoms with Crippen LogP contribution in [0.15, 0.2) is 78.9 Å². The second-order valence-electron chi connectivity index (χ2n) is 6.75. The van der Waals surface area contributed by atoms with Crippen LogP contribution in [0.4, 0.5) is 0 Å². The number of aliphatic carboxylic acids is 1. The molecule has 0 radical (unpaired) electrons. The van der Waals surface area contributed by atoms with Gasteiger partial charge in [-0.05, 0) is 29.7 Å². The number of hydrogen-bond donors (Lipinski definition) is 2. The highest BCUT2D eigenvalue weighted by Gasteiger charge is 2.19. The minimum atomic E-state index is -0.922. The topological polar surface area (TPSA) is 98.9 Å². The Bertz CT molecular complexity index is 989. The van der Waals surface area contributed by atoms with Crippen LogP contribution >= 0.6 is 0 Å². The van der Waals surface area contributed by atoms with Crippen molar-refractivity contribution in [3.8, 4) is 11.5 Å². The molecule has 0 aliphatic rings. The average Bonchev–Trinajstić information content (AvgIpc) is 2.76. The van der Waals surface area contributed by atoms with Crippen LogP contribution in [-0.4, -0.2) is 17.0 Å². The molecule has 1 amide bonds. The Kier molecular flexibility index (Phi) is 7.05. The van der Waals surface area contributed by atoms with Gasteiger partial charge in [0.2, 0.25) is 0 Å². The Balaban J connectivity index is 1.84. The standard InChI is InChI=1S/C24H23NO5/c25-24(28)20-12-11-19(29-16-17-7-3-1-4-8-17)15-22(20)30-21(13-14-23(26)27)18-9-5-2-6-10-18/h1-12,15,21H,13-14,16H2,(H2,25,28)(H,26,27). The number of primary amides is 1. The van der Waals surface area contributed by atoms with Gasteiger partial charge in [-0.25, -0.2) is 0 Å². The molecular weight excluding hydrogens is 382 g/mol. The molecule has 1 atom stereocenters. The molecule has 6 nitrogen and oxygen atoms in total. The molecule has 0 heterocycles. The van der Waals surface area contributed by atoms with Crippen LogP contribution in [0.1, 0.15) is 40.4 Å². The highest BCUT2D eigenvalue weighted by atomic mass is 16.5. The van der Waals surface area contributed by atoms with E-state index >= 15 is 0 Å². The highest BCUT2D eigenvalue weighted by molar-refractivity contribution is 5.95. The number of nitrogens with two attached hydrogens (primary N) is 1. The zero-order chi connectivity index (χ0) is 21.3. The third-order valence-electron chi connectivity index (χ3n) is 4.53. The molecule has 0 aliphatic heterocycles. The first-order valence-corrected chi connectivity index (χ1v) is 9.57. The minimum absolute atomic E-state index is 0.0737. The first-order valence-electron chi connectivity index (χ1n) is 9.57. The number of amides is 1. The third kappa shape index (κ3) is 5.85. The molecule has 0 fully saturated rings. The van der Waals surface area contributed by atoms with Crippen molar-refractivity contribution in [2.45, 2.75) is 25.6 Å². The van der Waals surface area contributed by atoms with Gasteiger partial charge in [-0.2, -0.15) is 0 Å². The molecular formula is C24H23NO5. The van der Waals surface area contributed by atoms with E-state index in [-0.39, 0.29) is 24.2 Å². The summed E-state index contributed by atoms with van der Waals surface area (Å²) in [6.45, 7) is 0.358. The Morgan fingerprint density at radius 3 is 2.23 bits per heavy atom. The van der Waals surface area contributed by atoms with Crippen LogP contribution in [0.2, 0.25) is 0 Å². The van der Waals surface area contributed by atoms with Crippen molar-refractivity contribution in [3.63, 3.8) is 0 Å². The smallest absolute Gasteiger partial charge is 0.303 e. The molecule has 154 valence electrons. The van der Waals surface area contributed by atoms with Crippen LogP contribution in [0.25, 0.3) is 0 Å². The second-order valence-corrected chi connectivity index (χ2v) is 6.75. The molecule has 0 bridgehead atoms. The number of carboxylic acid groups (broad SMARTS) is 1. The van der Waals surface area contributed by atoms with Crippen LogP contribution in [-0.2, 0) is 11.4 Å². The van der Waals surface area contributed by atoms with Crippen LogP contribution in [0, 0.1) is 0 Å². The van der Waals surface area contributed by atoms with E-state index in [1.807, 2.05) is 60.7 Å². The summed E-state index contributed by atoms with van der Waals surface area (Å²) in [6, 6.07) is 23.8. The molecule has 0 aliphatic carbocycles. The summed E-state index contributed by atoms with van der Waals surface area (Å²) in [4.78, 5) is 23.0. The second kappa shape index (κ2) is 10.1. The van der Waals surface area contributed by atoms with E-state index in [0.717, 1.165) is 11.1 Å². The van der Waals surface area contributed by atoms with E-state index in [1.165, 1.54) is 0 Å². The summed E-state index contributed by atoms with van der Waals surface area (Å²) in [5.41, 5.74) is 7.53. The largest absolute Gasteiger partial charge is 0.489 e. The van der Waals surface area contributed by atoms with Crippen molar-refractivity contribution < 1.29 is 24.2 Å². The zero-order valence-corrected chi connectivity index (χ0v) is 16.4. The SMILES string of the molecule is NC(=O)c1ccc(OCc2ccccc2)cc1OC(CCC(=O)O)c1ccccc1. The number of hydrogen-bond acceptors (Lipinski definition) is 4. The molecule has 3 aromatic rings. The molecule has 3 rings (SSSR count). The van der Waals surface area contributed by atoms with Gasteiger partial charge in [0.25, 0.3) is 5.91 Å². The number of carbonyl (C=O) groups excluding carboxylic acids is 1. The molecule has 3 aromatic carbocycles. The van der Waals surface area contributed by atoms with E-state index in [0.29, 0.717) is 12.4 Å². The molecule has 0 spiro atoms. The van der Waals surface area contributed by atoms with Crippen molar-refractivity contribution in [3.05, 3.63) is 95.6 Å². The van der Waals surface area contributed by atoms with Gasteiger partial charge >= 0.3 is 5.97 Å². The van der Waals surface area contributed by atoms with Crippen LogP contribution in [0.5, 0.6) is 11.5 Å².